The van der Waals surface area contributed by atoms with E-state index in [4.69, 9.17) is 9.47 Å². The first-order chi connectivity index (χ1) is 17.5. The molecule has 1 amide bonds. The third-order valence-electron chi connectivity index (χ3n) is 6.55. The first-order valence-corrected chi connectivity index (χ1v) is 12.5. The van der Waals surface area contributed by atoms with Crippen molar-refractivity contribution in [2.45, 2.75) is 45.1 Å². The molecule has 0 bridgehead atoms. The van der Waals surface area contributed by atoms with Crippen LogP contribution in [0.3, 0.4) is 0 Å². The minimum absolute atomic E-state index is 0.0348. The van der Waals surface area contributed by atoms with E-state index in [2.05, 4.69) is 39.1 Å². The Morgan fingerprint density at radius 2 is 1.75 bits per heavy atom. The number of nitrogens with one attached hydrogen (secondary N) is 2. The molecule has 9 heteroatoms. The summed E-state index contributed by atoms with van der Waals surface area (Å²) in [6.07, 6.45) is 4.98. The van der Waals surface area contributed by atoms with E-state index >= 15 is 0 Å². The summed E-state index contributed by atoms with van der Waals surface area (Å²) in [5, 5.41) is 6.09. The van der Waals surface area contributed by atoms with Crippen molar-refractivity contribution >= 4 is 11.6 Å². The maximum absolute atomic E-state index is 12.4. The van der Waals surface area contributed by atoms with Gasteiger partial charge in [0.25, 0.3) is 0 Å². The van der Waals surface area contributed by atoms with Crippen molar-refractivity contribution in [1.82, 2.24) is 20.1 Å². The lowest BCUT2D eigenvalue weighted by atomic mass is 10.2. The smallest absolute Gasteiger partial charge is 0.340 e. The van der Waals surface area contributed by atoms with Crippen LogP contribution < -0.4 is 20.1 Å². The number of rotatable bonds is 6. The molecule has 2 aromatic carbocycles. The summed E-state index contributed by atoms with van der Waals surface area (Å²) in [5.41, 5.74) is 2.00. The predicted octanol–water partition coefficient (Wildman–Crippen LogP) is 3.31. The molecule has 1 aliphatic carbocycles. The van der Waals surface area contributed by atoms with Crippen LogP contribution in [-0.4, -0.2) is 65.4 Å². The Hall–Kier alpha value is -3.75. The number of hydrogen-bond donors (Lipinski definition) is 2. The normalized spacial score (nSPS) is 15.8. The molecule has 2 heterocycles. The molecule has 2 aliphatic rings. The zero-order valence-electron chi connectivity index (χ0n) is 21.0. The second-order valence-electron chi connectivity index (χ2n) is 9.18. The quantitative estimate of drug-likeness (QED) is 0.546. The number of hydrogen-bond acceptors (Lipinski definition) is 6. The van der Waals surface area contributed by atoms with Crippen LogP contribution in [0.1, 0.15) is 37.1 Å². The summed E-state index contributed by atoms with van der Waals surface area (Å²) in [7, 11) is 1.66. The Morgan fingerprint density at radius 3 is 2.33 bits per heavy atom. The average Bonchev–Trinajstić information content (AvgIpc) is 3.56. The standard InChI is InChI=1S/C20H27N5O4.C7H8/c1-28-16-7-6-14(12-17(16)29-15-4-2-3-5-15)24-8-10-25(11-9-24)19(26)13-18-21-20(27)23-22-18;1-7-5-3-2-4-6-7/h6-7,12,15H,2-5,8-11,13H2,1H3,(H2,21,22,23,27);2-6H,1H3. The fraction of sp³-hybridized carbons (Fsp3) is 0.444. The van der Waals surface area contributed by atoms with Crippen LogP contribution in [0.15, 0.2) is 53.3 Å². The minimum Gasteiger partial charge on any atom is -0.493 e. The molecule has 36 heavy (non-hydrogen) atoms. The second-order valence-corrected chi connectivity index (χ2v) is 9.18. The van der Waals surface area contributed by atoms with Crippen molar-refractivity contribution in [3.05, 3.63) is 70.4 Å². The molecule has 1 aliphatic heterocycles. The number of H-pyrrole nitrogens is 2. The van der Waals surface area contributed by atoms with Gasteiger partial charge in [-0.15, -0.1) is 0 Å². The molecule has 2 fully saturated rings. The molecular weight excluding hydrogens is 458 g/mol. The van der Waals surface area contributed by atoms with Crippen molar-refractivity contribution in [3.63, 3.8) is 0 Å². The Balaban J connectivity index is 0.000000375. The molecule has 1 saturated heterocycles. The molecular formula is C27H35N5O4. The highest BCUT2D eigenvalue weighted by Crippen LogP contribution is 2.35. The third kappa shape index (κ3) is 6.90. The number of carbonyl (C=O) groups excluding carboxylic acids is 1. The number of amides is 1. The van der Waals surface area contributed by atoms with Gasteiger partial charge in [-0.1, -0.05) is 35.9 Å². The van der Waals surface area contributed by atoms with Crippen molar-refractivity contribution in [3.8, 4) is 11.5 Å². The summed E-state index contributed by atoms with van der Waals surface area (Å²) < 4.78 is 11.7. The van der Waals surface area contributed by atoms with Crippen molar-refractivity contribution in [2.24, 2.45) is 0 Å². The van der Waals surface area contributed by atoms with Crippen molar-refractivity contribution < 1.29 is 14.3 Å². The van der Waals surface area contributed by atoms with E-state index in [1.807, 2.05) is 41.3 Å². The van der Waals surface area contributed by atoms with E-state index in [1.165, 1.54) is 18.4 Å². The number of nitrogens with zero attached hydrogens (tertiary/aromatic N) is 3. The van der Waals surface area contributed by atoms with Gasteiger partial charge in [0.2, 0.25) is 5.91 Å². The number of ether oxygens (including phenoxy) is 2. The van der Waals surface area contributed by atoms with Crippen LogP contribution in [0.5, 0.6) is 11.5 Å². The maximum atomic E-state index is 12.4. The molecule has 0 spiro atoms. The molecule has 3 aromatic rings. The van der Waals surface area contributed by atoms with E-state index in [0.29, 0.717) is 18.9 Å². The van der Waals surface area contributed by atoms with Gasteiger partial charge >= 0.3 is 5.69 Å². The number of aryl methyl sites for hydroxylation is 1. The van der Waals surface area contributed by atoms with Gasteiger partial charge in [0.1, 0.15) is 5.82 Å². The summed E-state index contributed by atoms with van der Waals surface area (Å²) >= 11 is 0. The van der Waals surface area contributed by atoms with Crippen LogP contribution in [0.4, 0.5) is 5.69 Å². The average molecular weight is 494 g/mol. The fourth-order valence-electron chi connectivity index (χ4n) is 4.53. The molecule has 192 valence electrons. The highest BCUT2D eigenvalue weighted by molar-refractivity contribution is 5.78. The summed E-state index contributed by atoms with van der Waals surface area (Å²) in [6.45, 7) is 4.80. The Kier molecular flexibility index (Phi) is 8.65. The number of anilines is 1. The van der Waals surface area contributed by atoms with E-state index in [-0.39, 0.29) is 18.4 Å². The number of piperazine rings is 1. The lowest BCUT2D eigenvalue weighted by molar-refractivity contribution is -0.130. The van der Waals surface area contributed by atoms with Gasteiger partial charge in [0.05, 0.1) is 19.6 Å². The first kappa shape index (κ1) is 25.3. The van der Waals surface area contributed by atoms with Crippen LogP contribution in [-0.2, 0) is 11.2 Å². The van der Waals surface area contributed by atoms with Crippen molar-refractivity contribution in [1.29, 1.82) is 0 Å². The lowest BCUT2D eigenvalue weighted by Gasteiger charge is -2.36. The van der Waals surface area contributed by atoms with E-state index in [0.717, 1.165) is 43.1 Å². The van der Waals surface area contributed by atoms with Gasteiger partial charge in [-0.2, -0.15) is 5.10 Å². The number of benzene rings is 2. The molecule has 0 unspecified atom stereocenters. The van der Waals surface area contributed by atoms with E-state index in [9.17, 15) is 9.59 Å². The van der Waals surface area contributed by atoms with E-state index < -0.39 is 5.69 Å². The number of aromatic amines is 2. The monoisotopic (exact) mass is 493 g/mol. The second kappa shape index (κ2) is 12.3. The molecule has 1 aromatic heterocycles. The number of methoxy groups -OCH3 is 1. The molecule has 0 radical (unpaired) electrons. The van der Waals surface area contributed by atoms with Gasteiger partial charge in [-0.25, -0.2) is 9.89 Å². The SMILES string of the molecule is COc1ccc(N2CCN(C(=O)Cc3n[nH]c(=O)[nH]3)CC2)cc1OC1CCCC1.Cc1ccccc1. The van der Waals surface area contributed by atoms with Crippen LogP contribution in [0.2, 0.25) is 0 Å². The minimum atomic E-state index is -0.396. The molecule has 0 atom stereocenters. The largest absolute Gasteiger partial charge is 0.493 e. The van der Waals surface area contributed by atoms with Crippen LogP contribution >= 0.6 is 0 Å². The van der Waals surface area contributed by atoms with Gasteiger partial charge in [-0.3, -0.25) is 9.78 Å². The molecule has 5 rings (SSSR count). The van der Waals surface area contributed by atoms with E-state index in [1.54, 1.807) is 7.11 Å². The zero-order chi connectivity index (χ0) is 25.3. The highest BCUT2D eigenvalue weighted by atomic mass is 16.5. The number of aromatic nitrogens is 3. The topological polar surface area (TPSA) is 104 Å². The number of carbonyl (C=O) groups is 1. The predicted molar refractivity (Wildman–Crippen MR) is 139 cm³/mol. The third-order valence-corrected chi connectivity index (χ3v) is 6.55. The van der Waals surface area contributed by atoms with Crippen molar-refractivity contribution in [2.75, 3.05) is 38.2 Å². The Bertz CT molecular complexity index is 1160. The van der Waals surface area contributed by atoms with Gasteiger partial charge in [0, 0.05) is 37.9 Å². The fourth-order valence-corrected chi connectivity index (χ4v) is 4.53. The Labute approximate surface area is 211 Å². The van der Waals surface area contributed by atoms with Gasteiger partial charge in [0.15, 0.2) is 11.5 Å². The maximum Gasteiger partial charge on any atom is 0.340 e. The summed E-state index contributed by atoms with van der Waals surface area (Å²) in [6, 6.07) is 16.3. The Morgan fingerprint density at radius 1 is 1.03 bits per heavy atom. The van der Waals surface area contributed by atoms with Gasteiger partial charge < -0.3 is 19.3 Å². The van der Waals surface area contributed by atoms with Gasteiger partial charge in [-0.05, 0) is 44.7 Å². The molecule has 2 N–H and O–H groups in total. The van der Waals surface area contributed by atoms with Crippen LogP contribution in [0.25, 0.3) is 0 Å². The highest BCUT2D eigenvalue weighted by Gasteiger charge is 2.24. The molecule has 9 nitrogen and oxygen atoms in total. The molecule has 1 saturated carbocycles. The summed E-state index contributed by atoms with van der Waals surface area (Å²) in [4.78, 5) is 30.1. The van der Waals surface area contributed by atoms with Crippen LogP contribution in [0, 0.1) is 6.92 Å². The zero-order valence-corrected chi connectivity index (χ0v) is 21.0. The lowest BCUT2D eigenvalue weighted by Crippen LogP contribution is -2.49. The first-order valence-electron chi connectivity index (χ1n) is 12.5. The summed E-state index contributed by atoms with van der Waals surface area (Å²) in [5.74, 6) is 1.87.